The highest BCUT2D eigenvalue weighted by Gasteiger charge is 2.31. The molecule has 0 unspecified atom stereocenters. The Morgan fingerprint density at radius 2 is 1.46 bits per heavy atom. The highest BCUT2D eigenvalue weighted by atomic mass is 16.5. The number of amides is 1. The van der Waals surface area contributed by atoms with Crippen molar-refractivity contribution in [3.8, 4) is 11.5 Å². The van der Waals surface area contributed by atoms with E-state index >= 15 is 0 Å². The first kappa shape index (κ1) is 18.3. The van der Waals surface area contributed by atoms with Crippen LogP contribution in [0.3, 0.4) is 0 Å². The summed E-state index contributed by atoms with van der Waals surface area (Å²) in [6, 6.07) is 15.9. The van der Waals surface area contributed by atoms with E-state index in [-0.39, 0.29) is 24.0 Å². The summed E-state index contributed by atoms with van der Waals surface area (Å²) in [7, 11) is 3.31. The zero-order chi connectivity index (χ0) is 18.5. The Bertz CT molecular complexity index is 728. The Kier molecular flexibility index (Phi) is 5.78. The van der Waals surface area contributed by atoms with Crippen LogP contribution < -0.4 is 20.1 Å². The second-order valence-electron chi connectivity index (χ2n) is 6.53. The molecule has 1 aliphatic heterocycles. The number of rotatable bonds is 5. The normalized spacial score (nSPS) is 23.0. The van der Waals surface area contributed by atoms with Gasteiger partial charge >= 0.3 is 0 Å². The number of carbonyl (C=O) groups excluding carboxylic acids is 1. The van der Waals surface area contributed by atoms with Crippen LogP contribution in [0.1, 0.15) is 43.0 Å². The van der Waals surface area contributed by atoms with Crippen LogP contribution in [0, 0.1) is 0 Å². The van der Waals surface area contributed by atoms with Crippen molar-refractivity contribution in [1.29, 1.82) is 0 Å². The van der Waals surface area contributed by atoms with Crippen LogP contribution in [0.25, 0.3) is 0 Å². The molecule has 1 aliphatic rings. The number of carbonyl (C=O) groups is 1. The largest absolute Gasteiger partial charge is 0.497 e. The summed E-state index contributed by atoms with van der Waals surface area (Å²) in [5.41, 5.74) is 2.22. The second-order valence-corrected chi connectivity index (χ2v) is 6.53. The van der Waals surface area contributed by atoms with Crippen LogP contribution in [0.4, 0.5) is 0 Å². The molecular weight excluding hydrogens is 328 g/mol. The van der Waals surface area contributed by atoms with E-state index in [2.05, 4.69) is 29.7 Å². The molecule has 2 N–H and O–H groups in total. The molecular formula is C21H26N2O3. The van der Waals surface area contributed by atoms with Crippen LogP contribution in [0.2, 0.25) is 0 Å². The van der Waals surface area contributed by atoms with Gasteiger partial charge in [-0.25, -0.2) is 0 Å². The first-order chi connectivity index (χ1) is 12.6. The molecule has 5 heteroatoms. The summed E-state index contributed by atoms with van der Waals surface area (Å²) in [6.45, 7) is 2.09. The summed E-state index contributed by atoms with van der Waals surface area (Å²) in [6.07, 6.45) is 1.26. The Morgan fingerprint density at radius 3 is 1.96 bits per heavy atom. The van der Waals surface area contributed by atoms with E-state index in [0.29, 0.717) is 6.42 Å². The van der Waals surface area contributed by atoms with Crippen LogP contribution >= 0.6 is 0 Å². The molecule has 0 saturated carbocycles. The zero-order valence-electron chi connectivity index (χ0n) is 15.5. The van der Waals surface area contributed by atoms with Gasteiger partial charge in [0.1, 0.15) is 11.5 Å². The number of hydrogen-bond donors (Lipinski definition) is 2. The second kappa shape index (κ2) is 8.23. The third-order valence-corrected chi connectivity index (χ3v) is 4.95. The highest BCUT2D eigenvalue weighted by Crippen LogP contribution is 2.30. The monoisotopic (exact) mass is 354 g/mol. The molecule has 0 aliphatic carbocycles. The van der Waals surface area contributed by atoms with E-state index in [4.69, 9.17) is 9.47 Å². The summed E-state index contributed by atoms with van der Waals surface area (Å²) in [5, 5.41) is 6.86. The predicted octanol–water partition coefficient (Wildman–Crippen LogP) is 3.37. The van der Waals surface area contributed by atoms with E-state index in [9.17, 15) is 4.79 Å². The fourth-order valence-corrected chi connectivity index (χ4v) is 3.45. The number of methoxy groups -OCH3 is 2. The molecule has 2 aromatic rings. The number of ether oxygens (including phenoxy) is 2. The molecule has 26 heavy (non-hydrogen) atoms. The van der Waals surface area contributed by atoms with Gasteiger partial charge in [-0.15, -0.1) is 0 Å². The molecule has 138 valence electrons. The average Bonchev–Trinajstić information content (AvgIpc) is 2.86. The molecule has 3 rings (SSSR count). The summed E-state index contributed by atoms with van der Waals surface area (Å²) in [4.78, 5) is 12.4. The Morgan fingerprint density at radius 1 is 0.923 bits per heavy atom. The SMILES string of the molecule is CC[C@@H]1NC(=O)C[C@@H](c2ccc(OC)cc2)N[C@H]1c1ccc(OC)cc1. The van der Waals surface area contributed by atoms with Gasteiger partial charge in [-0.2, -0.15) is 0 Å². The fourth-order valence-electron chi connectivity index (χ4n) is 3.45. The van der Waals surface area contributed by atoms with Crippen molar-refractivity contribution >= 4 is 5.91 Å². The van der Waals surface area contributed by atoms with E-state index < -0.39 is 0 Å². The zero-order valence-corrected chi connectivity index (χ0v) is 15.5. The van der Waals surface area contributed by atoms with E-state index in [1.807, 2.05) is 36.4 Å². The summed E-state index contributed by atoms with van der Waals surface area (Å²) < 4.78 is 10.5. The van der Waals surface area contributed by atoms with Crippen molar-refractivity contribution in [2.45, 2.75) is 37.9 Å². The van der Waals surface area contributed by atoms with Gasteiger partial charge in [0.25, 0.3) is 0 Å². The number of nitrogens with one attached hydrogen (secondary N) is 2. The van der Waals surface area contributed by atoms with Gasteiger partial charge in [0.05, 0.1) is 20.3 Å². The highest BCUT2D eigenvalue weighted by molar-refractivity contribution is 5.77. The van der Waals surface area contributed by atoms with Crippen molar-refractivity contribution in [1.82, 2.24) is 10.6 Å². The van der Waals surface area contributed by atoms with E-state index in [0.717, 1.165) is 29.0 Å². The lowest BCUT2D eigenvalue weighted by atomic mass is 9.96. The molecule has 0 radical (unpaired) electrons. The first-order valence-electron chi connectivity index (χ1n) is 8.98. The van der Waals surface area contributed by atoms with Gasteiger partial charge in [-0.1, -0.05) is 31.2 Å². The van der Waals surface area contributed by atoms with Gasteiger partial charge in [0, 0.05) is 18.5 Å². The quantitative estimate of drug-likeness (QED) is 0.864. The average molecular weight is 354 g/mol. The molecule has 5 nitrogen and oxygen atoms in total. The molecule has 0 bridgehead atoms. The van der Waals surface area contributed by atoms with Crippen molar-refractivity contribution in [2.75, 3.05) is 14.2 Å². The standard InChI is InChI=1S/C21H26N2O3/c1-4-18-21(15-7-11-17(26-3)12-8-15)23-19(13-20(24)22-18)14-5-9-16(25-2)10-6-14/h5-12,18-19,21,23H,4,13H2,1-3H3,(H,22,24)/t18-,19-,21-/m0/s1. The minimum Gasteiger partial charge on any atom is -0.497 e. The molecule has 0 aromatic heterocycles. The van der Waals surface area contributed by atoms with Crippen molar-refractivity contribution in [3.05, 3.63) is 59.7 Å². The van der Waals surface area contributed by atoms with Crippen LogP contribution in [-0.2, 0) is 4.79 Å². The molecule has 1 saturated heterocycles. The third-order valence-electron chi connectivity index (χ3n) is 4.95. The van der Waals surface area contributed by atoms with Gasteiger partial charge in [0.2, 0.25) is 5.91 Å². The molecule has 3 atom stereocenters. The Balaban J connectivity index is 1.90. The number of benzene rings is 2. The van der Waals surface area contributed by atoms with Gasteiger partial charge in [-0.3, -0.25) is 4.79 Å². The maximum absolute atomic E-state index is 12.4. The summed E-state index contributed by atoms with van der Waals surface area (Å²) in [5.74, 6) is 1.71. The van der Waals surface area contributed by atoms with Gasteiger partial charge < -0.3 is 20.1 Å². The lowest BCUT2D eigenvalue weighted by Gasteiger charge is -2.28. The molecule has 0 spiro atoms. The smallest absolute Gasteiger partial charge is 0.222 e. The first-order valence-corrected chi connectivity index (χ1v) is 8.98. The van der Waals surface area contributed by atoms with Crippen molar-refractivity contribution < 1.29 is 14.3 Å². The van der Waals surface area contributed by atoms with E-state index in [1.165, 1.54) is 0 Å². The minimum absolute atomic E-state index is 0.0319. The number of hydrogen-bond acceptors (Lipinski definition) is 4. The topological polar surface area (TPSA) is 59.6 Å². The molecule has 1 heterocycles. The fraction of sp³-hybridized carbons (Fsp3) is 0.381. The van der Waals surface area contributed by atoms with Crippen molar-refractivity contribution in [3.63, 3.8) is 0 Å². The summed E-state index contributed by atoms with van der Waals surface area (Å²) >= 11 is 0. The third kappa shape index (κ3) is 3.99. The van der Waals surface area contributed by atoms with Gasteiger partial charge in [-0.05, 0) is 41.8 Å². The lowest BCUT2D eigenvalue weighted by molar-refractivity contribution is -0.121. The maximum Gasteiger partial charge on any atom is 0.222 e. The van der Waals surface area contributed by atoms with Crippen molar-refractivity contribution in [2.24, 2.45) is 0 Å². The molecule has 1 fully saturated rings. The maximum atomic E-state index is 12.4. The lowest BCUT2D eigenvalue weighted by Crippen LogP contribution is -2.40. The molecule has 1 amide bonds. The van der Waals surface area contributed by atoms with Crippen LogP contribution in [0.5, 0.6) is 11.5 Å². The predicted molar refractivity (Wildman–Crippen MR) is 101 cm³/mol. The van der Waals surface area contributed by atoms with E-state index in [1.54, 1.807) is 14.2 Å². The van der Waals surface area contributed by atoms with Gasteiger partial charge in [0.15, 0.2) is 0 Å². The van der Waals surface area contributed by atoms with Crippen LogP contribution in [-0.4, -0.2) is 26.2 Å². The Hall–Kier alpha value is -2.53. The minimum atomic E-state index is -0.0513. The Labute approximate surface area is 154 Å². The van der Waals surface area contributed by atoms with Crippen LogP contribution in [0.15, 0.2) is 48.5 Å². The molecule has 2 aromatic carbocycles.